The van der Waals surface area contributed by atoms with Crippen molar-refractivity contribution in [3.63, 3.8) is 0 Å². The van der Waals surface area contributed by atoms with Gasteiger partial charge in [-0.2, -0.15) is 0 Å². The lowest BCUT2D eigenvalue weighted by Gasteiger charge is -2.63. The van der Waals surface area contributed by atoms with Crippen molar-refractivity contribution in [2.45, 2.75) is 82.9 Å². The highest BCUT2D eigenvalue weighted by molar-refractivity contribution is 5.88. The molecule has 2 saturated heterocycles. The van der Waals surface area contributed by atoms with E-state index in [4.69, 9.17) is 14.2 Å². The molecule has 30 heavy (non-hydrogen) atoms. The van der Waals surface area contributed by atoms with Crippen LogP contribution in [0, 0.1) is 16.7 Å². The van der Waals surface area contributed by atoms with Crippen LogP contribution in [0.5, 0.6) is 0 Å². The third kappa shape index (κ3) is 1.89. The van der Waals surface area contributed by atoms with Crippen LogP contribution < -0.4 is 0 Å². The van der Waals surface area contributed by atoms with Gasteiger partial charge in [0, 0.05) is 23.0 Å². The molecule has 2 saturated carbocycles. The maximum absolute atomic E-state index is 13.4. The number of rotatable bonds is 3. The smallest absolute Gasteiger partial charge is 0.333 e. The molecule has 3 bridgehead atoms. The Balaban J connectivity index is 1.81. The summed E-state index contributed by atoms with van der Waals surface area (Å²) in [6.45, 7) is 10.8. The third-order valence-corrected chi connectivity index (χ3v) is 9.15. The number of aliphatic hydroxyl groups is 2. The number of aliphatic hydroxyl groups excluding tert-OH is 1. The molecular formula is C23H30O7. The van der Waals surface area contributed by atoms with E-state index in [9.17, 15) is 19.8 Å². The average Bonchev–Trinajstić information content (AvgIpc) is 3.12. The molecule has 0 aromatic rings. The molecule has 7 nitrogen and oxygen atoms in total. The summed E-state index contributed by atoms with van der Waals surface area (Å²) in [5, 5.41) is 22.7. The van der Waals surface area contributed by atoms with Crippen LogP contribution in [-0.2, 0) is 23.8 Å². The molecule has 0 aromatic heterocycles. The first-order valence-corrected chi connectivity index (χ1v) is 10.8. The predicted octanol–water partition coefficient (Wildman–Crippen LogP) is 1.81. The molecule has 5 rings (SSSR count). The summed E-state index contributed by atoms with van der Waals surface area (Å²) in [6.07, 6.45) is -0.262. The molecular weight excluding hydrogens is 388 g/mol. The molecule has 0 amide bonds. The highest BCUT2D eigenvalue weighted by Crippen LogP contribution is 2.72. The normalized spacial score (nSPS) is 50.8. The van der Waals surface area contributed by atoms with Gasteiger partial charge in [-0.05, 0) is 44.6 Å². The first kappa shape index (κ1) is 20.2. The largest absolute Gasteiger partial charge is 0.459 e. The summed E-state index contributed by atoms with van der Waals surface area (Å²) in [5.74, 6) is -1.07. The molecule has 8 atom stereocenters. The second-order valence-electron chi connectivity index (χ2n) is 10.3. The molecule has 3 aliphatic heterocycles. The lowest BCUT2D eigenvalue weighted by Crippen LogP contribution is -2.73. The van der Waals surface area contributed by atoms with Crippen molar-refractivity contribution in [1.82, 2.24) is 0 Å². The van der Waals surface area contributed by atoms with Gasteiger partial charge in [-0.3, -0.25) is 4.79 Å². The Morgan fingerprint density at radius 3 is 2.70 bits per heavy atom. The summed E-state index contributed by atoms with van der Waals surface area (Å²) in [7, 11) is 0. The molecule has 5 aliphatic rings. The van der Waals surface area contributed by atoms with Crippen molar-refractivity contribution in [2.75, 3.05) is 6.61 Å². The molecule has 2 aliphatic carbocycles. The Bertz CT molecular complexity index is 907. The average molecular weight is 418 g/mol. The molecule has 0 unspecified atom stereocenters. The van der Waals surface area contributed by atoms with Gasteiger partial charge in [0.2, 0.25) is 0 Å². The molecule has 164 valence electrons. The number of hydrogen-bond donors (Lipinski definition) is 2. The minimum Gasteiger partial charge on any atom is -0.459 e. The van der Waals surface area contributed by atoms with E-state index in [1.165, 1.54) is 0 Å². The molecule has 2 N–H and O–H groups in total. The van der Waals surface area contributed by atoms with E-state index in [0.29, 0.717) is 19.3 Å². The molecule has 1 spiro atoms. The zero-order valence-corrected chi connectivity index (χ0v) is 18.0. The van der Waals surface area contributed by atoms with E-state index in [2.05, 4.69) is 6.58 Å². The summed E-state index contributed by atoms with van der Waals surface area (Å²) in [6, 6.07) is 0. The highest BCUT2D eigenvalue weighted by Gasteiger charge is 2.82. The van der Waals surface area contributed by atoms with Gasteiger partial charge in [0.1, 0.15) is 28.8 Å². The van der Waals surface area contributed by atoms with Crippen LogP contribution >= 0.6 is 0 Å². The lowest BCUT2D eigenvalue weighted by molar-refractivity contribution is -0.263. The fraction of sp³-hybridized carbons (Fsp3) is 0.739. The monoisotopic (exact) mass is 418 g/mol. The van der Waals surface area contributed by atoms with Crippen molar-refractivity contribution < 1.29 is 34.0 Å². The number of carbonyl (C=O) groups excluding carboxylic acids is 2. The zero-order valence-electron chi connectivity index (χ0n) is 18.0. The minimum atomic E-state index is -1.46. The van der Waals surface area contributed by atoms with Gasteiger partial charge in [0.15, 0.2) is 0 Å². The van der Waals surface area contributed by atoms with Crippen LogP contribution in [-0.4, -0.2) is 58.3 Å². The summed E-state index contributed by atoms with van der Waals surface area (Å²) < 4.78 is 18.4. The molecule has 4 fully saturated rings. The fourth-order valence-electron chi connectivity index (χ4n) is 7.13. The number of fused-ring (bicyclic) bond motifs is 1. The third-order valence-electron chi connectivity index (χ3n) is 9.15. The van der Waals surface area contributed by atoms with Gasteiger partial charge < -0.3 is 24.4 Å². The lowest BCUT2D eigenvalue weighted by atomic mass is 9.44. The second kappa shape index (κ2) is 5.75. The van der Waals surface area contributed by atoms with Crippen molar-refractivity contribution in [2.24, 2.45) is 16.7 Å². The molecule has 3 heterocycles. The van der Waals surface area contributed by atoms with Crippen LogP contribution in [0.2, 0.25) is 0 Å². The van der Waals surface area contributed by atoms with Crippen molar-refractivity contribution >= 4 is 11.9 Å². The predicted molar refractivity (Wildman–Crippen MR) is 105 cm³/mol. The number of esters is 2. The molecule has 7 heteroatoms. The van der Waals surface area contributed by atoms with E-state index in [1.54, 1.807) is 6.92 Å². The summed E-state index contributed by atoms with van der Waals surface area (Å²) in [4.78, 5) is 26.1. The van der Waals surface area contributed by atoms with Gasteiger partial charge >= 0.3 is 11.9 Å². The quantitative estimate of drug-likeness (QED) is 0.409. The van der Waals surface area contributed by atoms with E-state index in [1.807, 2.05) is 20.8 Å². The number of hydrogen-bond acceptors (Lipinski definition) is 7. The maximum Gasteiger partial charge on any atom is 0.333 e. The molecule has 0 radical (unpaired) electrons. The van der Waals surface area contributed by atoms with E-state index in [-0.39, 0.29) is 24.0 Å². The number of ether oxygens (including phenoxy) is 3. The van der Waals surface area contributed by atoms with Crippen LogP contribution in [0.1, 0.15) is 53.4 Å². The van der Waals surface area contributed by atoms with Gasteiger partial charge in [-0.25, -0.2) is 4.79 Å². The van der Waals surface area contributed by atoms with Gasteiger partial charge in [-0.1, -0.05) is 20.4 Å². The first-order valence-electron chi connectivity index (χ1n) is 10.8. The summed E-state index contributed by atoms with van der Waals surface area (Å²) in [5.41, 5.74) is -2.99. The van der Waals surface area contributed by atoms with Crippen LogP contribution in [0.4, 0.5) is 0 Å². The Hall–Kier alpha value is -1.70. The summed E-state index contributed by atoms with van der Waals surface area (Å²) >= 11 is 0. The maximum atomic E-state index is 13.4. The van der Waals surface area contributed by atoms with Gasteiger partial charge in [-0.15, -0.1) is 0 Å². The minimum absolute atomic E-state index is 0.00113. The zero-order chi connectivity index (χ0) is 21.9. The van der Waals surface area contributed by atoms with Gasteiger partial charge in [0.05, 0.1) is 12.7 Å². The highest BCUT2D eigenvalue weighted by atomic mass is 16.6. The van der Waals surface area contributed by atoms with E-state index < -0.39 is 52.8 Å². The van der Waals surface area contributed by atoms with Crippen LogP contribution in [0.3, 0.4) is 0 Å². The standard InChI is InChI=1S/C23H30O7/c1-11(2)18(25)29-17-16-13(4)14-8-21(10-24)19(26)28-15-7-6-12(3)20(17,5)22(15,27)9-23(16,21)30-14/h12,14-15,17,24,27H,1,6-10H2,2-5H3/t12-,14+,15-,17+,20-,21-,22+,23+/m0/s1. The Kier molecular flexibility index (Phi) is 3.88. The van der Waals surface area contributed by atoms with Crippen LogP contribution in [0.25, 0.3) is 0 Å². The van der Waals surface area contributed by atoms with Gasteiger partial charge in [0.25, 0.3) is 0 Å². The SMILES string of the molecule is C=C(C)C(=O)O[C@@H]1C2=C(C)[C@H]3C[C@]4(CO)C(=O)O[C@H]5CC[C@H](C)[C@]1(C)[C@@]5(O)C[C@@]24O3. The van der Waals surface area contributed by atoms with Crippen molar-refractivity contribution in [1.29, 1.82) is 0 Å². The van der Waals surface area contributed by atoms with E-state index in [0.717, 1.165) is 11.1 Å². The Morgan fingerprint density at radius 2 is 2.07 bits per heavy atom. The Labute approximate surface area is 176 Å². The fourth-order valence-corrected chi connectivity index (χ4v) is 7.13. The molecule has 0 aromatic carbocycles. The van der Waals surface area contributed by atoms with Crippen LogP contribution in [0.15, 0.2) is 23.3 Å². The Morgan fingerprint density at radius 1 is 1.37 bits per heavy atom. The van der Waals surface area contributed by atoms with E-state index >= 15 is 0 Å². The van der Waals surface area contributed by atoms with Crippen molar-refractivity contribution in [3.05, 3.63) is 23.3 Å². The van der Waals surface area contributed by atoms with Crippen molar-refractivity contribution in [3.8, 4) is 0 Å². The first-order chi connectivity index (χ1) is 14.0. The topological polar surface area (TPSA) is 102 Å². The number of carbonyl (C=O) groups is 2. The second-order valence-corrected chi connectivity index (χ2v) is 10.3.